The quantitative estimate of drug-likeness (QED) is 0.866. The van der Waals surface area contributed by atoms with Crippen LogP contribution < -0.4 is 0 Å². The first-order chi connectivity index (χ1) is 9.63. The van der Waals surface area contributed by atoms with E-state index in [0.717, 1.165) is 24.2 Å². The van der Waals surface area contributed by atoms with Gasteiger partial charge in [-0.15, -0.1) is 0 Å². The first-order valence-corrected chi connectivity index (χ1v) is 6.98. The van der Waals surface area contributed by atoms with Crippen LogP contribution in [0.4, 0.5) is 0 Å². The van der Waals surface area contributed by atoms with E-state index in [4.69, 9.17) is 16.1 Å². The summed E-state index contributed by atoms with van der Waals surface area (Å²) in [5, 5.41) is 4.56. The number of nitrogens with zero attached hydrogens (tertiary/aromatic N) is 2. The Bertz CT molecular complexity index is 617. The molecule has 3 rings (SSSR count). The average Bonchev–Trinajstić information content (AvgIpc) is 3.18. The number of hydrogen-bond donors (Lipinski definition) is 0. The third-order valence-electron chi connectivity index (χ3n) is 3.41. The molecule has 1 amide bonds. The van der Waals surface area contributed by atoms with Gasteiger partial charge in [-0.3, -0.25) is 4.79 Å². The van der Waals surface area contributed by atoms with E-state index in [2.05, 4.69) is 5.16 Å². The third-order valence-corrected chi connectivity index (χ3v) is 3.66. The summed E-state index contributed by atoms with van der Waals surface area (Å²) in [4.78, 5) is 13.9. The van der Waals surface area contributed by atoms with Crippen molar-refractivity contribution >= 4 is 17.5 Å². The fraction of sp³-hybridized carbons (Fsp3) is 0.333. The van der Waals surface area contributed by atoms with Crippen molar-refractivity contribution in [1.82, 2.24) is 10.1 Å². The van der Waals surface area contributed by atoms with Crippen LogP contribution in [0.1, 0.15) is 40.6 Å². The van der Waals surface area contributed by atoms with Crippen molar-refractivity contribution in [3.8, 4) is 0 Å². The monoisotopic (exact) mass is 290 g/mol. The standard InChI is InChI=1S/C15H15ClN2O2/c1-18(9-10-2-6-12(16)7-3-10)15(19)13-8-14(20-17-13)11-4-5-11/h2-3,6-8,11H,4-5,9H2,1H3. The van der Waals surface area contributed by atoms with E-state index in [1.807, 2.05) is 24.3 Å². The van der Waals surface area contributed by atoms with Crippen molar-refractivity contribution in [3.05, 3.63) is 52.4 Å². The molecule has 1 aliphatic carbocycles. The van der Waals surface area contributed by atoms with Crippen LogP contribution in [0.25, 0.3) is 0 Å². The van der Waals surface area contributed by atoms with Crippen LogP contribution in [0.5, 0.6) is 0 Å². The molecule has 0 radical (unpaired) electrons. The van der Waals surface area contributed by atoms with Gasteiger partial charge in [-0.05, 0) is 30.5 Å². The number of rotatable bonds is 4. The molecule has 0 atom stereocenters. The van der Waals surface area contributed by atoms with Crippen molar-refractivity contribution in [2.75, 3.05) is 7.05 Å². The Morgan fingerprint density at radius 3 is 2.75 bits per heavy atom. The predicted octanol–water partition coefficient (Wildman–Crippen LogP) is 3.48. The van der Waals surface area contributed by atoms with Gasteiger partial charge in [0.2, 0.25) is 0 Å². The Hall–Kier alpha value is -1.81. The van der Waals surface area contributed by atoms with Crippen LogP contribution in [0, 0.1) is 0 Å². The fourth-order valence-electron chi connectivity index (χ4n) is 2.08. The lowest BCUT2D eigenvalue weighted by molar-refractivity contribution is 0.0774. The Balaban J connectivity index is 1.67. The smallest absolute Gasteiger partial charge is 0.276 e. The van der Waals surface area contributed by atoms with Gasteiger partial charge in [0.1, 0.15) is 5.76 Å². The largest absolute Gasteiger partial charge is 0.360 e. The first kappa shape index (κ1) is 13.2. The van der Waals surface area contributed by atoms with Gasteiger partial charge in [0.25, 0.3) is 5.91 Å². The van der Waals surface area contributed by atoms with E-state index in [1.54, 1.807) is 18.0 Å². The van der Waals surface area contributed by atoms with E-state index < -0.39 is 0 Å². The second-order valence-corrected chi connectivity index (χ2v) is 5.61. The SMILES string of the molecule is CN(Cc1ccc(Cl)cc1)C(=O)c1cc(C2CC2)on1. The van der Waals surface area contributed by atoms with Crippen LogP contribution in [-0.2, 0) is 6.54 Å². The number of carbonyl (C=O) groups is 1. The zero-order valence-corrected chi connectivity index (χ0v) is 11.9. The van der Waals surface area contributed by atoms with Crippen molar-refractivity contribution in [3.63, 3.8) is 0 Å². The highest BCUT2D eigenvalue weighted by atomic mass is 35.5. The van der Waals surface area contributed by atoms with Crippen LogP contribution in [0.3, 0.4) is 0 Å². The molecule has 2 aromatic rings. The van der Waals surface area contributed by atoms with Crippen molar-refractivity contribution in [2.45, 2.75) is 25.3 Å². The maximum atomic E-state index is 12.2. The maximum absolute atomic E-state index is 12.2. The van der Waals surface area contributed by atoms with Crippen molar-refractivity contribution < 1.29 is 9.32 Å². The Labute approximate surface area is 122 Å². The molecule has 5 heteroatoms. The molecule has 1 aromatic carbocycles. The van der Waals surface area contributed by atoms with Crippen LogP contribution in [0.15, 0.2) is 34.9 Å². The Kier molecular flexibility index (Phi) is 3.49. The predicted molar refractivity (Wildman–Crippen MR) is 75.7 cm³/mol. The summed E-state index contributed by atoms with van der Waals surface area (Å²) in [6.45, 7) is 0.516. The van der Waals surface area contributed by atoms with Gasteiger partial charge >= 0.3 is 0 Å². The molecule has 0 spiro atoms. The molecule has 20 heavy (non-hydrogen) atoms. The zero-order valence-electron chi connectivity index (χ0n) is 11.2. The summed E-state index contributed by atoms with van der Waals surface area (Å²) in [6, 6.07) is 9.21. The minimum absolute atomic E-state index is 0.129. The third kappa shape index (κ3) is 2.85. The normalized spacial score (nSPS) is 14.3. The summed E-state index contributed by atoms with van der Waals surface area (Å²) < 4.78 is 5.21. The zero-order chi connectivity index (χ0) is 14.1. The van der Waals surface area contributed by atoms with Gasteiger partial charge in [-0.1, -0.05) is 28.9 Å². The highest BCUT2D eigenvalue weighted by Crippen LogP contribution is 2.40. The van der Waals surface area contributed by atoms with Gasteiger partial charge in [-0.25, -0.2) is 0 Å². The highest BCUT2D eigenvalue weighted by molar-refractivity contribution is 6.30. The molecule has 1 aliphatic rings. The van der Waals surface area contributed by atoms with Gasteiger partial charge in [-0.2, -0.15) is 0 Å². The van der Waals surface area contributed by atoms with E-state index in [0.29, 0.717) is 23.2 Å². The molecular formula is C15H15ClN2O2. The van der Waals surface area contributed by atoms with E-state index in [9.17, 15) is 4.79 Å². The Morgan fingerprint density at radius 1 is 1.40 bits per heavy atom. The van der Waals surface area contributed by atoms with E-state index in [-0.39, 0.29) is 5.91 Å². The molecule has 4 nitrogen and oxygen atoms in total. The summed E-state index contributed by atoms with van der Waals surface area (Å²) in [5.74, 6) is 1.16. The van der Waals surface area contributed by atoms with Crippen LogP contribution in [0.2, 0.25) is 5.02 Å². The van der Waals surface area contributed by atoms with Gasteiger partial charge in [0, 0.05) is 30.6 Å². The maximum Gasteiger partial charge on any atom is 0.276 e. The molecule has 0 bridgehead atoms. The number of hydrogen-bond acceptors (Lipinski definition) is 3. The average molecular weight is 291 g/mol. The first-order valence-electron chi connectivity index (χ1n) is 6.60. The summed E-state index contributed by atoms with van der Waals surface area (Å²) in [7, 11) is 1.75. The van der Waals surface area contributed by atoms with Gasteiger partial charge in [0.15, 0.2) is 5.69 Å². The minimum atomic E-state index is -0.129. The summed E-state index contributed by atoms with van der Waals surface area (Å²) >= 11 is 5.84. The number of aromatic nitrogens is 1. The number of benzene rings is 1. The molecule has 104 valence electrons. The molecule has 0 saturated heterocycles. The van der Waals surface area contributed by atoms with E-state index >= 15 is 0 Å². The molecule has 1 saturated carbocycles. The fourth-order valence-corrected chi connectivity index (χ4v) is 2.21. The molecule has 1 aromatic heterocycles. The minimum Gasteiger partial charge on any atom is -0.360 e. The van der Waals surface area contributed by atoms with Crippen LogP contribution in [-0.4, -0.2) is 23.0 Å². The highest BCUT2D eigenvalue weighted by Gasteiger charge is 2.29. The van der Waals surface area contributed by atoms with Gasteiger partial charge < -0.3 is 9.42 Å². The van der Waals surface area contributed by atoms with Crippen LogP contribution >= 0.6 is 11.6 Å². The lowest BCUT2D eigenvalue weighted by atomic mass is 10.2. The van der Waals surface area contributed by atoms with Crippen molar-refractivity contribution in [2.24, 2.45) is 0 Å². The number of halogens is 1. The lowest BCUT2D eigenvalue weighted by Crippen LogP contribution is -2.26. The van der Waals surface area contributed by atoms with Gasteiger partial charge in [0.05, 0.1) is 0 Å². The second-order valence-electron chi connectivity index (χ2n) is 5.18. The molecule has 0 aliphatic heterocycles. The molecular weight excluding hydrogens is 276 g/mol. The number of amides is 1. The lowest BCUT2D eigenvalue weighted by Gasteiger charge is -2.15. The van der Waals surface area contributed by atoms with E-state index in [1.165, 1.54) is 0 Å². The summed E-state index contributed by atoms with van der Waals surface area (Å²) in [5.41, 5.74) is 1.40. The number of carbonyl (C=O) groups excluding carboxylic acids is 1. The molecule has 1 fully saturated rings. The summed E-state index contributed by atoms with van der Waals surface area (Å²) in [6.07, 6.45) is 2.26. The molecule has 0 N–H and O–H groups in total. The van der Waals surface area contributed by atoms with Crippen molar-refractivity contribution in [1.29, 1.82) is 0 Å². The Morgan fingerprint density at radius 2 is 2.10 bits per heavy atom. The molecule has 1 heterocycles. The second kappa shape index (κ2) is 5.29. The molecule has 0 unspecified atom stereocenters. The topological polar surface area (TPSA) is 46.3 Å².